The molecule has 0 radical (unpaired) electrons. The van der Waals surface area contributed by atoms with Crippen molar-refractivity contribution in [1.82, 2.24) is 4.31 Å². The topological polar surface area (TPSA) is 79.0 Å². The van der Waals surface area contributed by atoms with Crippen molar-refractivity contribution < 1.29 is 17.9 Å². The molecule has 8 heteroatoms. The first-order chi connectivity index (χ1) is 13.6. The first-order valence-corrected chi connectivity index (χ1v) is 10.5. The first-order valence-electron chi connectivity index (χ1n) is 9.06. The lowest BCUT2D eigenvalue weighted by Gasteiger charge is -2.28. The molecule has 0 aliphatic carbocycles. The molecular weight excluding hydrogens is 390 g/mol. The molecule has 0 bridgehead atoms. The van der Waals surface area contributed by atoms with Crippen LogP contribution >= 0.6 is 0 Å². The highest BCUT2D eigenvalue weighted by molar-refractivity contribution is 7.90. The molecule has 0 aliphatic heterocycles. The van der Waals surface area contributed by atoms with Crippen molar-refractivity contribution in [3.63, 3.8) is 0 Å². The van der Waals surface area contributed by atoms with Gasteiger partial charge in [0, 0.05) is 25.8 Å². The Hall–Kier alpha value is -2.84. The number of hydrogen-bond donors (Lipinski definition) is 1. The number of aryl methyl sites for hydroxylation is 2. The molecule has 2 aromatic carbocycles. The number of ether oxygens (including phenoxy) is 1. The largest absolute Gasteiger partial charge is 0.489 e. The van der Waals surface area contributed by atoms with Crippen molar-refractivity contribution in [1.29, 1.82) is 0 Å². The standard InChI is InChI=1S/C21H27N3O4S/c1-6-12-28-19-9-7-8-18(14-19)22-21(25)15-24(29(26,27)23(4)5)20-13-16(2)10-11-17(20)3/h6-11,13-14H,1,12,15H2,2-5H3,(H,22,25). The second-order valence-corrected chi connectivity index (χ2v) is 8.83. The van der Waals surface area contributed by atoms with Crippen molar-refractivity contribution >= 4 is 27.5 Å². The molecule has 156 valence electrons. The molecule has 7 nitrogen and oxygen atoms in total. The van der Waals surface area contributed by atoms with E-state index in [-0.39, 0.29) is 6.54 Å². The minimum absolute atomic E-state index is 0.346. The van der Waals surface area contributed by atoms with Crippen LogP contribution in [-0.2, 0) is 15.0 Å². The lowest BCUT2D eigenvalue weighted by atomic mass is 10.1. The molecule has 0 aromatic heterocycles. The van der Waals surface area contributed by atoms with Crippen LogP contribution in [0, 0.1) is 13.8 Å². The van der Waals surface area contributed by atoms with Crippen molar-refractivity contribution in [2.24, 2.45) is 0 Å². The van der Waals surface area contributed by atoms with Crippen molar-refractivity contribution in [2.45, 2.75) is 13.8 Å². The average molecular weight is 418 g/mol. The highest BCUT2D eigenvalue weighted by atomic mass is 32.2. The summed E-state index contributed by atoms with van der Waals surface area (Å²) in [5.41, 5.74) is 2.64. The zero-order valence-electron chi connectivity index (χ0n) is 17.2. The molecule has 0 aliphatic rings. The second kappa shape index (κ2) is 9.58. The third-order valence-electron chi connectivity index (χ3n) is 4.15. The van der Waals surface area contributed by atoms with E-state index in [9.17, 15) is 13.2 Å². The van der Waals surface area contributed by atoms with E-state index < -0.39 is 16.1 Å². The molecule has 0 spiro atoms. The molecule has 0 atom stereocenters. The Labute approximate surface area is 172 Å². The summed E-state index contributed by atoms with van der Waals surface area (Å²) >= 11 is 0. The Kier molecular flexibility index (Phi) is 7.41. The average Bonchev–Trinajstić information content (AvgIpc) is 2.66. The predicted octanol–water partition coefficient (Wildman–Crippen LogP) is 3.12. The Balaban J connectivity index is 2.29. The molecular formula is C21H27N3O4S. The van der Waals surface area contributed by atoms with Gasteiger partial charge in [-0.05, 0) is 43.2 Å². The molecule has 0 saturated carbocycles. The molecule has 0 saturated heterocycles. The van der Waals surface area contributed by atoms with E-state index in [1.165, 1.54) is 14.1 Å². The normalized spacial score (nSPS) is 11.2. The maximum Gasteiger partial charge on any atom is 0.304 e. The number of carbonyl (C=O) groups is 1. The van der Waals surface area contributed by atoms with Crippen LogP contribution in [0.3, 0.4) is 0 Å². The third-order valence-corrected chi connectivity index (χ3v) is 5.95. The first kappa shape index (κ1) is 22.4. The van der Waals surface area contributed by atoms with Crippen LogP contribution in [0.2, 0.25) is 0 Å². The smallest absolute Gasteiger partial charge is 0.304 e. The van der Waals surface area contributed by atoms with Crippen LogP contribution in [0.25, 0.3) is 0 Å². The Morgan fingerprint density at radius 3 is 2.55 bits per heavy atom. The zero-order valence-corrected chi connectivity index (χ0v) is 18.0. The van der Waals surface area contributed by atoms with Crippen LogP contribution < -0.4 is 14.4 Å². The number of nitrogens with zero attached hydrogens (tertiary/aromatic N) is 2. The number of carbonyl (C=O) groups excluding carboxylic acids is 1. The third kappa shape index (κ3) is 5.82. The summed E-state index contributed by atoms with van der Waals surface area (Å²) in [7, 11) is -0.996. The summed E-state index contributed by atoms with van der Waals surface area (Å²) in [5.74, 6) is 0.118. The van der Waals surface area contributed by atoms with Gasteiger partial charge in [0.25, 0.3) is 0 Å². The molecule has 0 unspecified atom stereocenters. The summed E-state index contributed by atoms with van der Waals surface area (Å²) < 4.78 is 33.5. The molecule has 0 fully saturated rings. The fraction of sp³-hybridized carbons (Fsp3) is 0.286. The predicted molar refractivity (Wildman–Crippen MR) is 117 cm³/mol. The lowest BCUT2D eigenvalue weighted by Crippen LogP contribution is -2.44. The Morgan fingerprint density at radius 1 is 1.17 bits per heavy atom. The van der Waals surface area contributed by atoms with Crippen molar-refractivity contribution in [3.8, 4) is 5.75 Å². The monoisotopic (exact) mass is 417 g/mol. The minimum Gasteiger partial charge on any atom is -0.489 e. The van der Waals surface area contributed by atoms with Gasteiger partial charge in [-0.15, -0.1) is 0 Å². The van der Waals surface area contributed by atoms with Gasteiger partial charge in [0.2, 0.25) is 5.91 Å². The number of hydrogen-bond acceptors (Lipinski definition) is 4. The maximum absolute atomic E-state index is 12.9. The minimum atomic E-state index is -3.87. The van der Waals surface area contributed by atoms with E-state index in [4.69, 9.17) is 4.74 Å². The summed E-state index contributed by atoms with van der Waals surface area (Å²) in [6, 6.07) is 12.4. The van der Waals surface area contributed by atoms with Gasteiger partial charge >= 0.3 is 10.2 Å². The van der Waals surface area contributed by atoms with Gasteiger partial charge in [0.1, 0.15) is 18.9 Å². The summed E-state index contributed by atoms with van der Waals surface area (Å²) in [6.07, 6.45) is 1.62. The summed E-state index contributed by atoms with van der Waals surface area (Å²) in [4.78, 5) is 12.7. The molecule has 0 heterocycles. The van der Waals surface area contributed by atoms with Crippen LogP contribution in [0.15, 0.2) is 55.1 Å². The summed E-state index contributed by atoms with van der Waals surface area (Å²) in [6.45, 7) is 7.27. The zero-order chi connectivity index (χ0) is 21.6. The van der Waals surface area contributed by atoms with E-state index in [2.05, 4.69) is 11.9 Å². The van der Waals surface area contributed by atoms with Crippen molar-refractivity contribution in [3.05, 3.63) is 66.2 Å². The van der Waals surface area contributed by atoms with E-state index in [1.807, 2.05) is 26.0 Å². The SMILES string of the molecule is C=CCOc1cccc(NC(=O)CN(c2cc(C)ccc2C)S(=O)(=O)N(C)C)c1. The van der Waals surface area contributed by atoms with E-state index >= 15 is 0 Å². The van der Waals surface area contributed by atoms with Gasteiger partial charge in [0.05, 0.1) is 5.69 Å². The number of amides is 1. The molecule has 1 N–H and O–H groups in total. The highest BCUT2D eigenvalue weighted by Crippen LogP contribution is 2.25. The maximum atomic E-state index is 12.9. The van der Waals surface area contributed by atoms with Crippen molar-refractivity contribution in [2.75, 3.05) is 36.9 Å². The van der Waals surface area contributed by atoms with Crippen LogP contribution in [0.5, 0.6) is 5.75 Å². The van der Waals surface area contributed by atoms with Gasteiger partial charge in [0.15, 0.2) is 0 Å². The highest BCUT2D eigenvalue weighted by Gasteiger charge is 2.28. The van der Waals surface area contributed by atoms with Gasteiger partial charge in [-0.1, -0.05) is 30.9 Å². The molecule has 1 amide bonds. The fourth-order valence-electron chi connectivity index (χ4n) is 2.63. The number of rotatable bonds is 9. The number of nitrogens with one attached hydrogen (secondary N) is 1. The van der Waals surface area contributed by atoms with Gasteiger partial charge < -0.3 is 10.1 Å². The second-order valence-electron chi connectivity index (χ2n) is 6.76. The quantitative estimate of drug-likeness (QED) is 0.636. The van der Waals surface area contributed by atoms with E-state index in [0.29, 0.717) is 23.7 Å². The van der Waals surface area contributed by atoms with Crippen LogP contribution in [-0.4, -0.2) is 45.9 Å². The lowest BCUT2D eigenvalue weighted by molar-refractivity contribution is -0.114. The van der Waals surface area contributed by atoms with Gasteiger partial charge in [-0.3, -0.25) is 4.79 Å². The Bertz CT molecular complexity index is 987. The molecule has 29 heavy (non-hydrogen) atoms. The van der Waals surface area contributed by atoms with Gasteiger partial charge in [-0.2, -0.15) is 12.7 Å². The number of anilines is 2. The van der Waals surface area contributed by atoms with E-state index in [0.717, 1.165) is 19.7 Å². The summed E-state index contributed by atoms with van der Waals surface area (Å²) in [5, 5.41) is 2.73. The molecule has 2 rings (SSSR count). The molecule has 2 aromatic rings. The number of benzene rings is 2. The van der Waals surface area contributed by atoms with Gasteiger partial charge in [-0.25, -0.2) is 4.31 Å². The Morgan fingerprint density at radius 2 is 1.90 bits per heavy atom. The van der Waals surface area contributed by atoms with E-state index in [1.54, 1.807) is 36.4 Å². The van der Waals surface area contributed by atoms with Crippen LogP contribution in [0.1, 0.15) is 11.1 Å². The van der Waals surface area contributed by atoms with Crippen LogP contribution in [0.4, 0.5) is 11.4 Å². The fourth-order valence-corrected chi connectivity index (χ4v) is 3.75.